The molecule has 0 fully saturated rings. The van der Waals surface area contributed by atoms with Gasteiger partial charge in [-0.1, -0.05) is 0 Å². The number of fused-ring (bicyclic) bond motifs is 27. The van der Waals surface area contributed by atoms with Crippen LogP contribution in [0, 0.1) is 0 Å². The molecule has 0 aliphatic carbocycles. The maximum absolute atomic E-state index is 3.70. The van der Waals surface area contributed by atoms with Crippen molar-refractivity contribution in [3.8, 4) is 0 Å². The molecule has 8 heteroatoms. The molecule has 0 spiro atoms. The van der Waals surface area contributed by atoms with Crippen molar-refractivity contribution in [1.29, 1.82) is 0 Å². The molecule has 0 aliphatic heterocycles. The molecule has 0 saturated heterocycles. The number of aryl methyl sites for hydroxylation is 2. The zero-order valence-corrected chi connectivity index (χ0v) is 66.9. The van der Waals surface area contributed by atoms with Crippen LogP contribution in [0.3, 0.4) is 0 Å². The van der Waals surface area contributed by atoms with Gasteiger partial charge in [-0.2, -0.15) is 0 Å². The number of rotatable bonds is 18. The van der Waals surface area contributed by atoms with Crippen LogP contribution in [0.25, 0.3) is 155 Å². The molecule has 0 unspecified atom stereocenters. The third kappa shape index (κ3) is 12.6. The summed E-state index contributed by atoms with van der Waals surface area (Å²) < 4.78 is 15.4. The fourth-order valence-corrected chi connectivity index (χ4v) is 30.2. The molecule has 18 rings (SSSR count). The number of benzene rings is 12. The van der Waals surface area contributed by atoms with Crippen LogP contribution in [0.5, 0.6) is 0 Å². The summed E-state index contributed by atoms with van der Waals surface area (Å²) in [7, 11) is 0. The summed E-state index contributed by atoms with van der Waals surface area (Å²) in [5.74, 6) is 0. The Morgan fingerprint density at radius 3 is 0.777 bits per heavy atom. The molecule has 0 amide bonds. The average molecular weight is 1740 g/mol. The number of halogens is 2. The quantitative estimate of drug-likeness (QED) is 0.0456. The van der Waals surface area contributed by atoms with E-state index in [0.717, 1.165) is 0 Å². The molecule has 12 aromatic carbocycles. The third-order valence-electron chi connectivity index (χ3n) is 19.9. The first-order valence-corrected chi connectivity index (χ1v) is 46.4. The summed E-state index contributed by atoms with van der Waals surface area (Å²) in [6.07, 6.45) is 25.0. The van der Waals surface area contributed by atoms with Crippen LogP contribution in [0.15, 0.2) is 199 Å². The van der Waals surface area contributed by atoms with Gasteiger partial charge in [-0.3, -0.25) is 0 Å². The van der Waals surface area contributed by atoms with Crippen LogP contribution in [0.4, 0.5) is 0 Å². The zero-order valence-electron chi connectivity index (χ0n) is 53.4. The topological polar surface area (TPSA) is 0 Å². The van der Waals surface area contributed by atoms with Crippen LogP contribution >= 0.6 is 31.9 Å². The van der Waals surface area contributed by atoms with E-state index in [1.165, 1.54) is 260 Å². The van der Waals surface area contributed by atoms with Gasteiger partial charge in [0.25, 0.3) is 0 Å². The van der Waals surface area contributed by atoms with E-state index in [9.17, 15) is 0 Å². The predicted octanol–water partition coefficient (Wildman–Crippen LogP) is 25.6. The van der Waals surface area contributed by atoms with Crippen molar-refractivity contribution in [2.45, 2.75) is 129 Å². The van der Waals surface area contributed by atoms with Crippen LogP contribution in [-0.2, 0) is 12.8 Å². The second-order valence-corrected chi connectivity index (χ2v) is 43.1. The summed E-state index contributed by atoms with van der Waals surface area (Å²) in [4.78, 5) is 4.67. The van der Waals surface area contributed by atoms with E-state index in [1.807, 2.05) is 0 Å². The summed E-state index contributed by atoms with van der Waals surface area (Å²) in [6.45, 7) is 4.61. The summed E-state index contributed by atoms with van der Waals surface area (Å²) >= 11 is 10.1. The SMILES string of the molecule is Brc1cc2ccc3c4ccc5c(ccc6cc(Br)[se]c65)c4ccc3c2[se]1.CCCCCCCCCCc1cc2ccc3c4ccc5c(ccc6cc(CCCCCCCCCC)[se]c65)c4ccc3c2[se]1.c1cc2ccc3c4ccc5c(ccc6cc[se]c65)c4ccc3c2[se]1. The van der Waals surface area contributed by atoms with Crippen LogP contribution in [-0.4, -0.2) is 87.0 Å². The number of unbranched alkanes of at least 4 members (excludes halogenated alkanes) is 14. The Morgan fingerprint density at radius 1 is 0.223 bits per heavy atom. The van der Waals surface area contributed by atoms with Crippen molar-refractivity contribution in [3.05, 3.63) is 207 Å². The van der Waals surface area contributed by atoms with E-state index in [-0.39, 0.29) is 0 Å². The van der Waals surface area contributed by atoms with E-state index in [2.05, 4.69) is 238 Å². The monoisotopic (exact) mass is 1740 g/mol. The summed E-state index contributed by atoms with van der Waals surface area (Å²) in [6, 6.07) is 70.7. The number of hydrogen-bond donors (Lipinski definition) is 0. The van der Waals surface area contributed by atoms with E-state index in [4.69, 9.17) is 0 Å². The normalized spacial score (nSPS) is 12.2. The predicted molar refractivity (Wildman–Crippen MR) is 432 cm³/mol. The molecule has 0 atom stereocenters. The second kappa shape index (κ2) is 28.8. The van der Waals surface area contributed by atoms with Gasteiger partial charge in [0.15, 0.2) is 0 Å². The molecular weight excluding hydrogens is 1670 g/mol. The van der Waals surface area contributed by atoms with Gasteiger partial charge < -0.3 is 0 Å². The van der Waals surface area contributed by atoms with Crippen molar-refractivity contribution < 1.29 is 0 Å². The molecular formula is C86H74Br2Se6. The van der Waals surface area contributed by atoms with Crippen molar-refractivity contribution in [1.82, 2.24) is 0 Å². The van der Waals surface area contributed by atoms with Gasteiger partial charge in [0.2, 0.25) is 0 Å². The molecule has 468 valence electrons. The molecule has 0 aliphatic rings. The number of hydrogen-bond acceptors (Lipinski definition) is 0. The van der Waals surface area contributed by atoms with Crippen LogP contribution in [0.2, 0.25) is 0 Å². The second-order valence-electron chi connectivity index (χ2n) is 26.0. The van der Waals surface area contributed by atoms with Gasteiger partial charge in [0.05, 0.1) is 0 Å². The molecule has 6 heterocycles. The fraction of sp³-hybridized carbons (Fsp3) is 0.233. The average Bonchev–Trinajstić information content (AvgIpc) is 1.10. The van der Waals surface area contributed by atoms with Gasteiger partial charge in [0, 0.05) is 0 Å². The minimum absolute atomic E-state index is 0.390. The Bertz CT molecular complexity index is 5490. The Kier molecular flexibility index (Phi) is 19.6. The summed E-state index contributed by atoms with van der Waals surface area (Å²) in [5.41, 5.74) is 0. The van der Waals surface area contributed by atoms with Gasteiger partial charge in [-0.25, -0.2) is 0 Å². The standard InChI is InChI=1S/C42H52Se2.C22H10Br2Se2.C22H12Se2/c1-3-5-7-9-11-13-15-17-19-33-29-31-21-23-37-35-26-28-40-38(36(35)25-27-39(37)41(31)43-33)24-22-32-30-34(44-42(32)40)20-18-16-14-12-10-8-6-4-2;23-19-9-11-1-3-15-13-5-8-18-16(4-2-12-10-20(24)26-22(12)18)14(13)6-7-17(15)21(11)25-19;1-3-17-15-5-8-20-18(4-2-14-10-12-24-22(14)20)16(15)6-7-19(17)21-13(1)9-11-23-21/h21-30H,3-20H2,1-2H3;1-10H;1-12H. The van der Waals surface area contributed by atoms with Crippen molar-refractivity contribution >= 4 is 274 Å². The van der Waals surface area contributed by atoms with Crippen molar-refractivity contribution in [2.75, 3.05) is 0 Å². The molecule has 0 N–H and O–H groups in total. The Morgan fingerprint density at radius 2 is 0.457 bits per heavy atom. The first kappa shape index (κ1) is 64.2. The Hall–Kier alpha value is -4.50. The van der Waals surface area contributed by atoms with Gasteiger partial charge in [-0.05, 0) is 0 Å². The van der Waals surface area contributed by atoms with Gasteiger partial charge in [0.1, 0.15) is 0 Å². The Labute approximate surface area is 603 Å². The van der Waals surface area contributed by atoms with E-state index < -0.39 is 0 Å². The first-order valence-electron chi connectivity index (χ1n) is 34.2. The molecule has 94 heavy (non-hydrogen) atoms. The molecule has 18 aromatic rings. The molecule has 0 nitrogen and oxygen atoms in total. The maximum atomic E-state index is 3.70. The molecule has 0 bridgehead atoms. The van der Waals surface area contributed by atoms with E-state index >= 15 is 0 Å². The summed E-state index contributed by atoms with van der Waals surface area (Å²) in [5, 5.41) is 34.1. The van der Waals surface area contributed by atoms with Gasteiger partial charge in [-0.15, -0.1) is 0 Å². The van der Waals surface area contributed by atoms with E-state index in [0.29, 0.717) is 87.0 Å². The Balaban J connectivity index is 0.000000119. The zero-order chi connectivity index (χ0) is 63.2. The van der Waals surface area contributed by atoms with Gasteiger partial charge >= 0.3 is 611 Å². The third-order valence-corrected chi connectivity index (χ3v) is 35.4. The first-order chi connectivity index (χ1) is 46.3. The van der Waals surface area contributed by atoms with Crippen LogP contribution < -0.4 is 0 Å². The van der Waals surface area contributed by atoms with Crippen molar-refractivity contribution in [3.63, 3.8) is 0 Å². The van der Waals surface area contributed by atoms with Crippen LogP contribution in [0.1, 0.15) is 125 Å². The molecule has 6 aromatic heterocycles. The fourth-order valence-electron chi connectivity index (χ4n) is 15.1. The molecule has 0 saturated carbocycles. The van der Waals surface area contributed by atoms with E-state index in [1.54, 1.807) is 25.9 Å². The minimum atomic E-state index is 0.390. The van der Waals surface area contributed by atoms with Crippen molar-refractivity contribution in [2.24, 2.45) is 0 Å². The molecule has 0 radical (unpaired) electrons.